The van der Waals surface area contributed by atoms with Gasteiger partial charge in [0.1, 0.15) is 0 Å². The number of carbonyl (C=O) groups excluding carboxylic acids is 2. The summed E-state index contributed by atoms with van der Waals surface area (Å²) in [4.78, 5) is 29.3. The van der Waals surface area contributed by atoms with E-state index in [1.807, 2.05) is 77.2 Å². The number of thiophene rings is 1. The molecular formula is C37H53N5O2S. The molecule has 3 aromatic rings. The summed E-state index contributed by atoms with van der Waals surface area (Å²) in [5, 5.41) is 14.7. The van der Waals surface area contributed by atoms with Crippen LogP contribution in [0.1, 0.15) is 105 Å². The lowest BCUT2D eigenvalue weighted by atomic mass is 9.97. The molecule has 1 aliphatic rings. The fraction of sp³-hybridized carbons (Fsp3) is 0.459. The van der Waals surface area contributed by atoms with Gasteiger partial charge in [0.2, 0.25) is 0 Å². The van der Waals surface area contributed by atoms with Crippen molar-refractivity contribution >= 4 is 40.6 Å². The van der Waals surface area contributed by atoms with E-state index in [-0.39, 0.29) is 5.91 Å². The van der Waals surface area contributed by atoms with Crippen LogP contribution in [0.5, 0.6) is 0 Å². The number of benzene rings is 1. The molecule has 4 rings (SSSR count). The molecule has 2 N–H and O–H groups in total. The molecule has 0 saturated carbocycles. The van der Waals surface area contributed by atoms with E-state index in [2.05, 4.69) is 60.3 Å². The number of carbonyl (C=O) groups is 2. The Kier molecular flexibility index (Phi) is 15.9. The minimum Gasteiger partial charge on any atom is -0.336 e. The maximum absolute atomic E-state index is 13.1. The first kappa shape index (κ1) is 37.6. The van der Waals surface area contributed by atoms with Crippen LogP contribution in [-0.2, 0) is 24.2 Å². The molecule has 45 heavy (non-hydrogen) atoms. The number of aldehydes is 1. The third kappa shape index (κ3) is 11.7. The summed E-state index contributed by atoms with van der Waals surface area (Å²) in [6, 6.07) is 12.0. The van der Waals surface area contributed by atoms with Crippen LogP contribution in [0.4, 0.5) is 11.5 Å². The minimum atomic E-state index is -0.0796. The Morgan fingerprint density at radius 1 is 1.02 bits per heavy atom. The van der Waals surface area contributed by atoms with Gasteiger partial charge in [0.15, 0.2) is 12.1 Å². The van der Waals surface area contributed by atoms with Crippen LogP contribution in [0.25, 0.3) is 5.57 Å². The van der Waals surface area contributed by atoms with E-state index in [1.165, 1.54) is 23.3 Å². The Morgan fingerprint density at radius 3 is 2.29 bits per heavy atom. The average molecular weight is 632 g/mol. The Bertz CT molecular complexity index is 1410. The van der Waals surface area contributed by atoms with Gasteiger partial charge in [-0.25, -0.2) is 0 Å². The van der Waals surface area contributed by atoms with Gasteiger partial charge in [-0.2, -0.15) is 5.10 Å². The predicted octanol–water partition coefficient (Wildman–Crippen LogP) is 9.10. The van der Waals surface area contributed by atoms with Crippen LogP contribution in [0.2, 0.25) is 0 Å². The van der Waals surface area contributed by atoms with E-state index in [0.717, 1.165) is 58.0 Å². The zero-order valence-electron chi connectivity index (χ0n) is 29.0. The molecule has 0 bridgehead atoms. The van der Waals surface area contributed by atoms with E-state index in [4.69, 9.17) is 0 Å². The number of hydrogen-bond donors (Lipinski definition) is 2. The maximum atomic E-state index is 13.1. The molecule has 1 aliphatic carbocycles. The first-order valence-corrected chi connectivity index (χ1v) is 17.0. The summed E-state index contributed by atoms with van der Waals surface area (Å²) in [6.07, 6.45) is 9.02. The molecule has 244 valence electrons. The topological polar surface area (TPSA) is 87.2 Å². The van der Waals surface area contributed by atoms with Crippen molar-refractivity contribution in [3.05, 3.63) is 86.4 Å². The van der Waals surface area contributed by atoms with Crippen LogP contribution in [0.3, 0.4) is 0 Å². The molecule has 0 saturated heterocycles. The second kappa shape index (κ2) is 19.0. The van der Waals surface area contributed by atoms with Gasteiger partial charge in [-0.1, -0.05) is 52.8 Å². The van der Waals surface area contributed by atoms with Crippen LogP contribution in [0.15, 0.2) is 54.2 Å². The van der Waals surface area contributed by atoms with Crippen molar-refractivity contribution in [2.75, 3.05) is 17.7 Å². The second-order valence-corrected chi connectivity index (χ2v) is 13.1. The van der Waals surface area contributed by atoms with Gasteiger partial charge in [0, 0.05) is 23.2 Å². The summed E-state index contributed by atoms with van der Waals surface area (Å²) in [5.41, 5.74) is 6.01. The van der Waals surface area contributed by atoms with Crippen molar-refractivity contribution in [3.8, 4) is 0 Å². The number of aryl methyl sites for hydroxylation is 2. The Balaban J connectivity index is 0.00000109. The molecule has 2 heterocycles. The van der Waals surface area contributed by atoms with Gasteiger partial charge in [-0.15, -0.1) is 16.4 Å². The summed E-state index contributed by atoms with van der Waals surface area (Å²) in [7, 11) is 2.04. The lowest BCUT2D eigenvalue weighted by Gasteiger charge is -2.20. The number of nitrogens with one attached hydrogen (secondary N) is 2. The number of amides is 1. The van der Waals surface area contributed by atoms with Gasteiger partial charge < -0.3 is 10.6 Å². The highest BCUT2D eigenvalue weighted by Gasteiger charge is 2.18. The van der Waals surface area contributed by atoms with Crippen molar-refractivity contribution in [3.63, 3.8) is 0 Å². The van der Waals surface area contributed by atoms with Gasteiger partial charge in [-0.05, 0) is 119 Å². The SMILES string of the molecule is C/C=C(\C=C(/C=O)Nc1ccc(CN(C)C(C)C)nn1)c1cccc(NC(=O)c2cc3c(s2)CCCC3)c1C.CC.CC(C)C. The van der Waals surface area contributed by atoms with Crippen molar-refractivity contribution < 1.29 is 9.59 Å². The Morgan fingerprint density at radius 2 is 1.71 bits per heavy atom. The standard InChI is InChI=1S/C31H37N5O2S.C4H10.C2H6/c1-6-22(16-25(19-37)32-30-15-14-24(34-35-30)18-36(5)20(2)3)26-11-9-12-27(21(26)4)33-31(38)29-17-23-10-7-8-13-28(23)39-29;1-4(2)3;1-2/h6,9,11-12,14-17,19-20H,7-8,10,13,18H2,1-5H3,(H,32,35)(H,33,38);4H,1-3H3;1-2H3/b22-6+,25-16+;;. The number of rotatable bonds is 10. The summed E-state index contributed by atoms with van der Waals surface area (Å²) in [6.45, 7) is 19.4. The van der Waals surface area contributed by atoms with Gasteiger partial charge in [-0.3, -0.25) is 14.5 Å². The third-order valence-electron chi connectivity index (χ3n) is 7.15. The van der Waals surface area contributed by atoms with Crippen molar-refractivity contribution in [2.45, 2.75) is 101 Å². The van der Waals surface area contributed by atoms with E-state index in [1.54, 1.807) is 17.4 Å². The largest absolute Gasteiger partial charge is 0.336 e. The number of allylic oxidation sites excluding steroid dienone is 4. The lowest BCUT2D eigenvalue weighted by molar-refractivity contribution is -0.104. The van der Waals surface area contributed by atoms with Crippen LogP contribution in [0, 0.1) is 12.8 Å². The fourth-order valence-electron chi connectivity index (χ4n) is 4.55. The smallest absolute Gasteiger partial charge is 0.265 e. The third-order valence-corrected chi connectivity index (χ3v) is 8.38. The number of fused-ring (bicyclic) bond motifs is 1. The van der Waals surface area contributed by atoms with E-state index < -0.39 is 0 Å². The van der Waals surface area contributed by atoms with Crippen LogP contribution < -0.4 is 10.6 Å². The molecule has 0 atom stereocenters. The second-order valence-electron chi connectivity index (χ2n) is 11.9. The fourth-order valence-corrected chi connectivity index (χ4v) is 5.70. The normalized spacial score (nSPS) is 13.0. The Labute approximate surface area is 275 Å². The average Bonchev–Trinajstić information content (AvgIpc) is 3.47. The highest BCUT2D eigenvalue weighted by atomic mass is 32.1. The lowest BCUT2D eigenvalue weighted by Crippen LogP contribution is -2.26. The number of hydrogen-bond acceptors (Lipinski definition) is 7. The highest BCUT2D eigenvalue weighted by Crippen LogP contribution is 2.31. The monoisotopic (exact) mass is 631 g/mol. The van der Waals surface area contributed by atoms with Crippen molar-refractivity contribution in [1.29, 1.82) is 0 Å². The molecule has 0 fully saturated rings. The van der Waals surface area contributed by atoms with Crippen molar-refractivity contribution in [1.82, 2.24) is 15.1 Å². The van der Waals surface area contributed by atoms with E-state index in [0.29, 0.717) is 24.1 Å². The summed E-state index contributed by atoms with van der Waals surface area (Å²) >= 11 is 1.61. The van der Waals surface area contributed by atoms with E-state index in [9.17, 15) is 9.59 Å². The molecule has 1 aromatic carbocycles. The number of nitrogens with zero attached hydrogens (tertiary/aromatic N) is 3. The molecule has 1 amide bonds. The van der Waals surface area contributed by atoms with Crippen LogP contribution >= 0.6 is 11.3 Å². The predicted molar refractivity (Wildman–Crippen MR) is 192 cm³/mol. The quantitative estimate of drug-likeness (QED) is 0.132. The van der Waals surface area contributed by atoms with Crippen LogP contribution in [-0.4, -0.2) is 40.4 Å². The Hall–Kier alpha value is -3.62. The van der Waals surface area contributed by atoms with Crippen molar-refractivity contribution in [2.24, 2.45) is 5.92 Å². The molecule has 0 spiro atoms. The molecule has 8 heteroatoms. The molecule has 2 aromatic heterocycles. The van der Waals surface area contributed by atoms with E-state index >= 15 is 0 Å². The summed E-state index contributed by atoms with van der Waals surface area (Å²) in [5.74, 6) is 1.25. The number of anilines is 2. The molecule has 7 nitrogen and oxygen atoms in total. The molecule has 0 aliphatic heterocycles. The molecule has 0 unspecified atom stereocenters. The molecular weight excluding hydrogens is 579 g/mol. The zero-order valence-corrected chi connectivity index (χ0v) is 29.8. The molecule has 0 radical (unpaired) electrons. The van der Waals surface area contributed by atoms with Gasteiger partial charge >= 0.3 is 0 Å². The highest BCUT2D eigenvalue weighted by molar-refractivity contribution is 7.14. The first-order valence-electron chi connectivity index (χ1n) is 16.2. The number of aromatic nitrogens is 2. The minimum absolute atomic E-state index is 0.0796. The first-order chi connectivity index (χ1) is 21.5. The summed E-state index contributed by atoms with van der Waals surface area (Å²) < 4.78 is 0. The maximum Gasteiger partial charge on any atom is 0.265 e. The zero-order chi connectivity index (χ0) is 33.5. The van der Waals surface area contributed by atoms with Gasteiger partial charge in [0.05, 0.1) is 16.3 Å². The van der Waals surface area contributed by atoms with Gasteiger partial charge in [0.25, 0.3) is 5.91 Å².